The molecule has 0 amide bonds. The van der Waals surface area contributed by atoms with Crippen LogP contribution < -0.4 is 9.05 Å². The highest BCUT2D eigenvalue weighted by molar-refractivity contribution is 7.82. The smallest absolute Gasteiger partial charge is 0.404 e. The number of aryl methyl sites for hydroxylation is 1. The van der Waals surface area contributed by atoms with Crippen LogP contribution in [0.2, 0.25) is 0 Å². The van der Waals surface area contributed by atoms with Crippen molar-refractivity contribution in [3.8, 4) is 22.6 Å². The maximum atomic E-state index is 12.7. The quantitative estimate of drug-likeness (QED) is 0.463. The summed E-state index contributed by atoms with van der Waals surface area (Å²) >= 11 is 6.10. The fraction of sp³-hybridized carbons (Fsp3) is 0.100. The summed E-state index contributed by atoms with van der Waals surface area (Å²) in [6.45, 7) is -0.0186. The Morgan fingerprint density at radius 1 is 0.760 bits per heavy atom. The van der Waals surface area contributed by atoms with Gasteiger partial charge in [-0.1, -0.05) is 60.7 Å². The zero-order valence-electron chi connectivity index (χ0n) is 14.0. The van der Waals surface area contributed by atoms with Crippen LogP contribution in [-0.4, -0.2) is 0 Å². The first-order valence-electron chi connectivity index (χ1n) is 7.86. The zero-order valence-corrected chi connectivity index (χ0v) is 15.6. The van der Waals surface area contributed by atoms with Gasteiger partial charge in [0, 0.05) is 16.8 Å². The Morgan fingerprint density at radius 2 is 1.36 bits per heavy atom. The molecule has 0 bridgehead atoms. The van der Waals surface area contributed by atoms with Crippen molar-refractivity contribution in [1.82, 2.24) is 0 Å². The van der Waals surface area contributed by atoms with E-state index in [4.69, 9.17) is 20.3 Å². The second-order valence-electron chi connectivity index (χ2n) is 5.67. The van der Waals surface area contributed by atoms with Crippen LogP contribution in [0.25, 0.3) is 11.1 Å². The number of hydrogen-bond acceptors (Lipinski definition) is 3. The molecule has 128 valence electrons. The first-order valence-corrected chi connectivity index (χ1v) is 10.3. The molecule has 0 saturated carbocycles. The molecule has 3 aromatic rings. The van der Waals surface area contributed by atoms with E-state index in [2.05, 4.69) is 0 Å². The van der Waals surface area contributed by atoms with E-state index in [1.165, 1.54) is 0 Å². The van der Waals surface area contributed by atoms with Gasteiger partial charge in [0.15, 0.2) is 0 Å². The molecular formula is C20H18ClO3P. The van der Waals surface area contributed by atoms with Crippen LogP contribution in [0.15, 0.2) is 72.8 Å². The summed E-state index contributed by atoms with van der Waals surface area (Å²) in [4.78, 5) is 0. The van der Waals surface area contributed by atoms with Crippen molar-refractivity contribution in [3.63, 3.8) is 0 Å². The highest BCUT2D eigenvalue weighted by Gasteiger charge is 2.27. The molecule has 1 atom stereocenters. The second-order valence-corrected chi connectivity index (χ2v) is 8.14. The Hall–Kier alpha value is -2.22. The van der Waals surface area contributed by atoms with Gasteiger partial charge >= 0.3 is 6.95 Å². The number of halogens is 1. The molecule has 0 aliphatic heterocycles. The maximum absolute atomic E-state index is 12.7. The fourth-order valence-corrected chi connectivity index (χ4v) is 3.79. The lowest BCUT2D eigenvalue weighted by Gasteiger charge is -2.18. The Bertz CT molecular complexity index is 925. The largest absolute Gasteiger partial charge is 0.530 e. The van der Waals surface area contributed by atoms with Gasteiger partial charge < -0.3 is 9.05 Å². The van der Waals surface area contributed by atoms with Crippen molar-refractivity contribution < 1.29 is 13.6 Å². The third-order valence-corrected chi connectivity index (χ3v) is 5.19. The van der Waals surface area contributed by atoms with Crippen LogP contribution in [-0.2, 0) is 4.57 Å². The van der Waals surface area contributed by atoms with E-state index in [1.807, 2.05) is 68.4 Å². The summed E-state index contributed by atoms with van der Waals surface area (Å²) in [5.74, 6) is 0.868. The van der Waals surface area contributed by atoms with E-state index in [9.17, 15) is 4.57 Å². The number of rotatable bonds is 5. The summed E-state index contributed by atoms with van der Waals surface area (Å²) in [7, 11) is 0. The van der Waals surface area contributed by atoms with Gasteiger partial charge in [-0.15, -0.1) is 0 Å². The SMILES string of the molecule is Cc1cccc(OP(=O)(Cl)Oc2ccccc2-c2ccccc2)c1C. The standard InChI is InChI=1S/C20H18ClO3P/c1-15-9-8-14-19(16(15)2)23-25(21,22)24-20-13-7-6-12-18(20)17-10-4-3-5-11-17/h3-14H,1-2H3. The predicted octanol–water partition coefficient (Wildman–Crippen LogP) is 6.78. The lowest BCUT2D eigenvalue weighted by molar-refractivity contribution is 0.405. The first-order chi connectivity index (χ1) is 12.0. The van der Waals surface area contributed by atoms with Crippen LogP contribution in [0.5, 0.6) is 11.5 Å². The normalized spacial score (nSPS) is 13.1. The average Bonchev–Trinajstić information content (AvgIpc) is 2.60. The molecule has 3 rings (SSSR count). The van der Waals surface area contributed by atoms with Gasteiger partial charge in [0.05, 0.1) is 0 Å². The van der Waals surface area contributed by atoms with E-state index >= 15 is 0 Å². The first kappa shape index (κ1) is 17.6. The fourth-order valence-electron chi connectivity index (χ4n) is 2.48. The van der Waals surface area contributed by atoms with Gasteiger partial charge in [-0.05, 0) is 42.7 Å². The Morgan fingerprint density at radius 3 is 2.12 bits per heavy atom. The lowest BCUT2D eigenvalue weighted by atomic mass is 10.1. The van der Waals surface area contributed by atoms with Crippen LogP contribution in [0.3, 0.4) is 0 Å². The minimum Gasteiger partial charge on any atom is -0.404 e. The van der Waals surface area contributed by atoms with Crippen molar-refractivity contribution in [1.29, 1.82) is 0 Å². The van der Waals surface area contributed by atoms with Gasteiger partial charge in [-0.3, -0.25) is 0 Å². The van der Waals surface area contributed by atoms with Crippen LogP contribution >= 0.6 is 18.2 Å². The molecule has 0 aromatic heterocycles. The summed E-state index contributed by atoms with van der Waals surface area (Å²) in [5, 5.41) is 0. The summed E-state index contributed by atoms with van der Waals surface area (Å²) in [6, 6.07) is 22.5. The molecule has 0 saturated heterocycles. The van der Waals surface area contributed by atoms with Crippen LogP contribution in [0, 0.1) is 13.8 Å². The van der Waals surface area contributed by atoms with Crippen molar-refractivity contribution in [2.75, 3.05) is 0 Å². The predicted molar refractivity (Wildman–Crippen MR) is 103 cm³/mol. The number of para-hydroxylation sites is 1. The second kappa shape index (κ2) is 7.35. The van der Waals surface area contributed by atoms with Crippen LogP contribution in [0.1, 0.15) is 11.1 Å². The Kier molecular flexibility index (Phi) is 5.17. The molecule has 5 heteroatoms. The topological polar surface area (TPSA) is 35.5 Å². The van der Waals surface area contributed by atoms with E-state index in [0.29, 0.717) is 11.5 Å². The van der Waals surface area contributed by atoms with Gasteiger partial charge in [0.2, 0.25) is 0 Å². The highest BCUT2D eigenvalue weighted by atomic mass is 35.7. The summed E-state index contributed by atoms with van der Waals surface area (Å²) in [6.07, 6.45) is 0. The molecule has 0 N–H and O–H groups in total. The van der Waals surface area contributed by atoms with Crippen LogP contribution in [0.4, 0.5) is 0 Å². The Labute approximate surface area is 152 Å². The minimum absolute atomic E-state index is 0.414. The highest BCUT2D eigenvalue weighted by Crippen LogP contribution is 2.55. The molecule has 0 fully saturated rings. The van der Waals surface area contributed by atoms with Crippen molar-refractivity contribution in [3.05, 3.63) is 83.9 Å². The van der Waals surface area contributed by atoms with Gasteiger partial charge in [-0.25, -0.2) is 4.57 Å². The molecule has 3 nitrogen and oxygen atoms in total. The molecular weight excluding hydrogens is 355 g/mol. The lowest BCUT2D eigenvalue weighted by Crippen LogP contribution is -1.98. The van der Waals surface area contributed by atoms with E-state index in [-0.39, 0.29) is 0 Å². The van der Waals surface area contributed by atoms with E-state index < -0.39 is 6.95 Å². The molecule has 0 aliphatic carbocycles. The van der Waals surface area contributed by atoms with Gasteiger partial charge in [0.25, 0.3) is 0 Å². The molecule has 3 aromatic carbocycles. The molecule has 0 spiro atoms. The number of benzene rings is 3. The molecule has 1 unspecified atom stereocenters. The molecule has 0 aliphatic rings. The van der Waals surface area contributed by atoms with Crippen molar-refractivity contribution in [2.45, 2.75) is 13.8 Å². The minimum atomic E-state index is -3.86. The molecule has 25 heavy (non-hydrogen) atoms. The Balaban J connectivity index is 1.89. The monoisotopic (exact) mass is 372 g/mol. The van der Waals surface area contributed by atoms with E-state index in [0.717, 1.165) is 22.3 Å². The number of hydrogen-bond donors (Lipinski definition) is 0. The average molecular weight is 373 g/mol. The summed E-state index contributed by atoms with van der Waals surface area (Å²) < 4.78 is 23.8. The third-order valence-electron chi connectivity index (χ3n) is 3.94. The molecule has 0 heterocycles. The summed E-state index contributed by atoms with van der Waals surface area (Å²) in [5.41, 5.74) is 3.65. The zero-order chi connectivity index (χ0) is 17.9. The van der Waals surface area contributed by atoms with Gasteiger partial charge in [-0.2, -0.15) is 0 Å². The third kappa shape index (κ3) is 4.25. The van der Waals surface area contributed by atoms with Gasteiger partial charge in [0.1, 0.15) is 11.5 Å². The van der Waals surface area contributed by atoms with Crippen molar-refractivity contribution >= 4 is 18.2 Å². The maximum Gasteiger partial charge on any atom is 0.530 e. The molecule has 0 radical (unpaired) electrons. The van der Waals surface area contributed by atoms with Crippen molar-refractivity contribution in [2.24, 2.45) is 0 Å². The van der Waals surface area contributed by atoms with E-state index in [1.54, 1.807) is 18.2 Å².